The molecule has 386 valence electrons. The lowest BCUT2D eigenvalue weighted by Gasteiger charge is -2.60. The van der Waals surface area contributed by atoms with E-state index in [9.17, 15) is 10.2 Å². The number of unbranched alkanes of at least 4 members (excludes halogenated alkanes) is 10. The summed E-state index contributed by atoms with van der Waals surface area (Å²) in [4.78, 5) is 23.4. The van der Waals surface area contributed by atoms with Gasteiger partial charge in [-0.3, -0.25) is 4.79 Å². The van der Waals surface area contributed by atoms with Gasteiger partial charge in [0.2, 0.25) is 18.5 Å². The van der Waals surface area contributed by atoms with E-state index in [0.29, 0.717) is 61.0 Å². The molecule has 2 heterocycles. The van der Waals surface area contributed by atoms with Gasteiger partial charge in [0.1, 0.15) is 29.9 Å². The van der Waals surface area contributed by atoms with E-state index in [4.69, 9.17) is 33.7 Å². The first kappa shape index (κ1) is 52.7. The van der Waals surface area contributed by atoms with Gasteiger partial charge in [-0.1, -0.05) is 137 Å². The number of ether oxygens (including phenoxy) is 5. The van der Waals surface area contributed by atoms with E-state index in [2.05, 4.69) is 49.9 Å². The fourth-order valence-electron chi connectivity index (χ4n) is 11.7. The molecule has 4 aromatic carbocycles. The molecule has 4 aromatic rings. The molecule has 2 aliphatic carbocycles. The highest BCUT2D eigenvalue weighted by Gasteiger charge is 2.65. The van der Waals surface area contributed by atoms with Crippen molar-refractivity contribution in [1.29, 1.82) is 0 Å². The zero-order valence-electron chi connectivity index (χ0n) is 42.8. The van der Waals surface area contributed by atoms with Crippen molar-refractivity contribution in [2.24, 2.45) is 22.9 Å². The number of hydrogen-bond donors (Lipinski definition) is 2. The largest absolute Gasteiger partial charge is 0.459 e. The van der Waals surface area contributed by atoms with Gasteiger partial charge in [0.05, 0.1) is 18.2 Å². The van der Waals surface area contributed by atoms with Crippen molar-refractivity contribution in [2.75, 3.05) is 33.2 Å². The molecule has 0 saturated heterocycles. The summed E-state index contributed by atoms with van der Waals surface area (Å²) < 4.78 is 33.1. The van der Waals surface area contributed by atoms with E-state index in [-0.39, 0.29) is 56.8 Å². The molecular weight excluding hydrogens is 905 g/mol. The van der Waals surface area contributed by atoms with E-state index in [1.807, 2.05) is 72.5 Å². The maximum atomic E-state index is 15.3. The van der Waals surface area contributed by atoms with Crippen LogP contribution in [-0.4, -0.2) is 71.8 Å². The summed E-state index contributed by atoms with van der Waals surface area (Å²) in [5, 5.41) is 25.1. The number of amides is 1. The van der Waals surface area contributed by atoms with Gasteiger partial charge < -0.3 is 43.6 Å². The van der Waals surface area contributed by atoms with Crippen LogP contribution in [0.2, 0.25) is 0 Å². The third-order valence-electron chi connectivity index (χ3n) is 15.1. The van der Waals surface area contributed by atoms with Gasteiger partial charge in [-0.05, 0) is 116 Å². The molecule has 0 bridgehead atoms. The molecule has 1 fully saturated rings. The van der Waals surface area contributed by atoms with Crippen molar-refractivity contribution in [3.8, 4) is 39.9 Å². The molecule has 2 aliphatic heterocycles. The van der Waals surface area contributed by atoms with Crippen molar-refractivity contribution in [2.45, 2.75) is 147 Å². The minimum absolute atomic E-state index is 0.0237. The minimum atomic E-state index is -1.38. The van der Waals surface area contributed by atoms with Gasteiger partial charge in [-0.25, -0.2) is 0 Å². The Balaban J connectivity index is 1.23. The van der Waals surface area contributed by atoms with E-state index < -0.39 is 17.7 Å². The van der Waals surface area contributed by atoms with Crippen LogP contribution in [0.5, 0.6) is 28.7 Å². The van der Waals surface area contributed by atoms with Crippen LogP contribution in [0.1, 0.15) is 140 Å². The number of nitrogens with zero attached hydrogens (tertiary/aromatic N) is 2. The molecular formula is C61H78N2O9. The van der Waals surface area contributed by atoms with Crippen LogP contribution in [0.3, 0.4) is 0 Å². The lowest BCUT2D eigenvalue weighted by molar-refractivity contribution is -0.258. The summed E-state index contributed by atoms with van der Waals surface area (Å²) in [7, 11) is 0. The Morgan fingerprint density at radius 3 is 2.21 bits per heavy atom. The smallest absolute Gasteiger partial charge is 0.239 e. The molecule has 1 amide bonds. The third kappa shape index (κ3) is 12.6. The maximum absolute atomic E-state index is 15.3. The average molecular weight is 983 g/mol. The Hall–Kier alpha value is -5.62. The summed E-state index contributed by atoms with van der Waals surface area (Å²) in [6.07, 6.45) is 19.9. The van der Waals surface area contributed by atoms with Crippen LogP contribution in [0, 0.1) is 17.8 Å². The molecule has 8 rings (SSSR count). The third-order valence-corrected chi connectivity index (χ3v) is 15.1. The summed E-state index contributed by atoms with van der Waals surface area (Å²) in [5.41, 5.74) is 5.93. The number of carbonyl (C=O) groups excluding carboxylic acids is 1. The van der Waals surface area contributed by atoms with Gasteiger partial charge >= 0.3 is 0 Å². The summed E-state index contributed by atoms with van der Waals surface area (Å²) in [6.45, 7) is 9.53. The number of carbonyl (C=O) groups is 1. The lowest BCUT2D eigenvalue weighted by Crippen LogP contribution is -2.70. The van der Waals surface area contributed by atoms with E-state index in [1.165, 1.54) is 38.5 Å². The standard InChI is InChI=1S/C61H78N2O9/c1-4-7-8-9-10-11-12-13-17-26-58(66)63(42-44-27-33-55-56(38-44)68-43-67-55)57-41-53(62-70-6-3)51-39-47(24-18-20-35-64)50(25-19-21-36-65)59-52-40-49(32-34-54(52)72-61(57,60(51)59)69-37-5-2)71-48-30-28-46(29-31-48)45-22-15-14-16-23-45/h5,14-16,22-23,27-34,38-40,47,50,57,59-60,64-65H,2,4,6-13,17-21,24-26,35-37,41-43H2,1,3H3. The summed E-state index contributed by atoms with van der Waals surface area (Å²) in [5.74, 6) is 1.62. The second-order valence-corrected chi connectivity index (χ2v) is 20.0. The molecule has 2 N–H and O–H groups in total. The van der Waals surface area contributed by atoms with E-state index in [0.717, 1.165) is 78.5 Å². The van der Waals surface area contributed by atoms with Crippen molar-refractivity contribution in [3.05, 3.63) is 126 Å². The average Bonchev–Trinajstić information content (AvgIpc) is 3.88. The molecule has 11 nitrogen and oxygen atoms in total. The fraction of sp³-hybridized carbons (Fsp3) is 0.508. The number of benzene rings is 4. The van der Waals surface area contributed by atoms with E-state index in [1.54, 1.807) is 6.08 Å². The van der Waals surface area contributed by atoms with Crippen LogP contribution in [0.15, 0.2) is 120 Å². The Bertz CT molecular complexity index is 2420. The zero-order valence-corrected chi connectivity index (χ0v) is 42.8. The molecule has 6 atom stereocenters. The van der Waals surface area contributed by atoms with Crippen molar-refractivity contribution in [1.82, 2.24) is 4.90 Å². The van der Waals surface area contributed by atoms with Crippen molar-refractivity contribution in [3.63, 3.8) is 0 Å². The van der Waals surface area contributed by atoms with Crippen molar-refractivity contribution >= 4 is 11.6 Å². The molecule has 0 spiro atoms. The fourth-order valence-corrected chi connectivity index (χ4v) is 11.7. The van der Waals surface area contributed by atoms with Gasteiger partial charge in [0.15, 0.2) is 11.5 Å². The van der Waals surface area contributed by atoms with Gasteiger partial charge in [-0.15, -0.1) is 6.58 Å². The summed E-state index contributed by atoms with van der Waals surface area (Å²) >= 11 is 0. The molecule has 1 saturated carbocycles. The number of aliphatic hydroxyl groups excluding tert-OH is 2. The Morgan fingerprint density at radius 1 is 0.778 bits per heavy atom. The molecule has 4 aliphatic rings. The monoisotopic (exact) mass is 983 g/mol. The first-order chi connectivity index (χ1) is 35.4. The quantitative estimate of drug-likeness (QED) is 0.0310. The number of rotatable bonds is 29. The SMILES string of the molecule is C=CCOC12Oc3ccc(Oc4ccc(-c5ccccc5)cc4)cc3C3C(CCCCO)C(CCCCO)C=C(C(=NOCC)CC1N(Cc1ccc4c(c1)OCO4)C(=O)CCCCCCCCCCC)C32. The summed E-state index contributed by atoms with van der Waals surface area (Å²) in [6, 6.07) is 29.9. The highest BCUT2D eigenvalue weighted by molar-refractivity contribution is 6.03. The molecule has 72 heavy (non-hydrogen) atoms. The van der Waals surface area contributed by atoms with Crippen molar-refractivity contribution < 1.29 is 43.5 Å². The molecule has 6 unspecified atom stereocenters. The number of hydrogen-bond acceptors (Lipinski definition) is 10. The highest BCUT2D eigenvalue weighted by Crippen LogP contribution is 2.62. The number of allylic oxidation sites excluding steroid dienone is 1. The second kappa shape index (κ2) is 26.4. The van der Waals surface area contributed by atoms with Gasteiger partial charge in [0, 0.05) is 44.1 Å². The number of oxime groups is 1. The Morgan fingerprint density at radius 2 is 1.47 bits per heavy atom. The van der Waals surface area contributed by atoms with Crippen LogP contribution in [-0.2, 0) is 20.9 Å². The predicted octanol–water partition coefficient (Wildman–Crippen LogP) is 13.5. The lowest BCUT2D eigenvalue weighted by atomic mass is 9.55. The van der Waals surface area contributed by atoms with E-state index >= 15 is 4.79 Å². The maximum Gasteiger partial charge on any atom is 0.239 e. The van der Waals surface area contributed by atoms with Crippen LogP contribution in [0.25, 0.3) is 11.1 Å². The van der Waals surface area contributed by atoms with Crippen LogP contribution < -0.4 is 18.9 Å². The number of fused-ring (bicyclic) bond motifs is 3. The topological polar surface area (TPSA) is 129 Å². The predicted molar refractivity (Wildman–Crippen MR) is 283 cm³/mol. The van der Waals surface area contributed by atoms with Crippen LogP contribution in [0.4, 0.5) is 0 Å². The molecule has 0 aromatic heterocycles. The first-order valence-electron chi connectivity index (χ1n) is 27.1. The zero-order chi connectivity index (χ0) is 50.1. The number of aliphatic hydroxyl groups is 2. The minimum Gasteiger partial charge on any atom is -0.459 e. The van der Waals surface area contributed by atoms with Crippen LogP contribution >= 0.6 is 0 Å². The molecule has 0 radical (unpaired) electrons. The first-order valence-corrected chi connectivity index (χ1v) is 27.1. The van der Waals surface area contributed by atoms with Gasteiger partial charge in [0.25, 0.3) is 0 Å². The Labute approximate surface area is 428 Å². The highest BCUT2D eigenvalue weighted by atomic mass is 16.7. The second-order valence-electron chi connectivity index (χ2n) is 20.0. The Kier molecular flexibility index (Phi) is 19.3. The van der Waals surface area contributed by atoms with Gasteiger partial charge in [-0.2, -0.15) is 0 Å². The molecule has 11 heteroatoms. The normalized spacial score (nSPS) is 22.1.